The third-order valence-electron chi connectivity index (χ3n) is 9.70. The molecule has 12 heteroatoms. The number of methoxy groups -OCH3 is 2. The van der Waals surface area contributed by atoms with Gasteiger partial charge in [-0.2, -0.15) is 26.3 Å². The number of rotatable bonds is 7. The summed E-state index contributed by atoms with van der Waals surface area (Å²) in [7, 11) is 2.95. The average Bonchev–Trinajstić information content (AvgIpc) is 3.31. The molecule has 0 bridgehead atoms. The van der Waals surface area contributed by atoms with Crippen molar-refractivity contribution in [2.75, 3.05) is 20.8 Å². The van der Waals surface area contributed by atoms with Crippen LogP contribution < -0.4 is 4.74 Å². The predicted octanol–water partition coefficient (Wildman–Crippen LogP) is 9.63. The number of halogens is 6. The van der Waals surface area contributed by atoms with Crippen LogP contribution in [0.25, 0.3) is 11.1 Å². The summed E-state index contributed by atoms with van der Waals surface area (Å²) >= 11 is 0. The number of hydrogen-bond acceptors (Lipinski definition) is 5. The Hall–Kier alpha value is -3.96. The molecule has 1 unspecified atom stereocenters. The Bertz CT molecular complexity index is 1610. The maximum absolute atomic E-state index is 13.6. The van der Waals surface area contributed by atoms with Crippen LogP contribution >= 0.6 is 0 Å². The molecule has 1 fully saturated rings. The van der Waals surface area contributed by atoms with Crippen LogP contribution in [-0.4, -0.2) is 43.8 Å². The van der Waals surface area contributed by atoms with Gasteiger partial charge in [-0.15, -0.1) is 0 Å². The summed E-state index contributed by atoms with van der Waals surface area (Å²) in [5, 5.41) is 0. The molecule has 2 aromatic rings. The molecule has 2 aromatic carbocycles. The van der Waals surface area contributed by atoms with Crippen molar-refractivity contribution in [2.45, 2.75) is 83.8 Å². The number of alkyl halides is 6. The quantitative estimate of drug-likeness (QED) is 0.216. The van der Waals surface area contributed by atoms with Gasteiger partial charge in [0.1, 0.15) is 11.9 Å². The maximum atomic E-state index is 13.6. The summed E-state index contributed by atoms with van der Waals surface area (Å²) in [6, 6.07) is 6.34. The SMILES string of the molecule is COC(=O)C1CC=C(c2ccc(OC)c(C3=C(CN4C(=O)O[C@H](c5cc(C(F)(F)F)cc(C(F)(F)F)c5)[C@@H]4C)CC(C)(C)CC3)c2)CC1. The fourth-order valence-electron chi connectivity index (χ4n) is 7.02. The van der Waals surface area contributed by atoms with Gasteiger partial charge < -0.3 is 14.2 Å². The topological polar surface area (TPSA) is 65.1 Å². The van der Waals surface area contributed by atoms with E-state index < -0.39 is 41.7 Å². The zero-order valence-electron chi connectivity index (χ0n) is 27.5. The summed E-state index contributed by atoms with van der Waals surface area (Å²) in [6.45, 7) is 5.86. The van der Waals surface area contributed by atoms with E-state index in [1.165, 1.54) is 12.0 Å². The van der Waals surface area contributed by atoms with Gasteiger partial charge in [-0.05, 0) is 109 Å². The monoisotopic (exact) mass is 679 g/mol. The molecule has 0 radical (unpaired) electrons. The van der Waals surface area contributed by atoms with Gasteiger partial charge in [0.25, 0.3) is 0 Å². The third kappa shape index (κ3) is 7.37. The molecule has 1 amide bonds. The lowest BCUT2D eigenvalue weighted by Crippen LogP contribution is -2.35. The van der Waals surface area contributed by atoms with Crippen LogP contribution in [-0.2, 0) is 26.6 Å². The van der Waals surface area contributed by atoms with Crippen molar-refractivity contribution in [3.05, 3.63) is 75.9 Å². The molecule has 2 aliphatic carbocycles. The highest BCUT2D eigenvalue weighted by molar-refractivity contribution is 5.80. The number of hydrogen-bond donors (Lipinski definition) is 0. The van der Waals surface area contributed by atoms with E-state index in [9.17, 15) is 35.9 Å². The second-order valence-electron chi connectivity index (χ2n) is 13.6. The van der Waals surface area contributed by atoms with Gasteiger partial charge >= 0.3 is 24.4 Å². The van der Waals surface area contributed by atoms with Gasteiger partial charge in [0, 0.05) is 12.1 Å². The number of nitrogens with zero attached hydrogens (tertiary/aromatic N) is 1. The minimum atomic E-state index is -5.03. The first kappa shape index (κ1) is 35.3. The summed E-state index contributed by atoms with van der Waals surface area (Å²) < 4.78 is 97.8. The minimum Gasteiger partial charge on any atom is -0.496 e. The molecule has 0 N–H and O–H groups in total. The number of carbonyl (C=O) groups excluding carboxylic acids is 2. The van der Waals surface area contributed by atoms with Crippen molar-refractivity contribution < 1.29 is 50.1 Å². The maximum Gasteiger partial charge on any atom is 0.416 e. The molecule has 0 aromatic heterocycles. The van der Waals surface area contributed by atoms with Crippen molar-refractivity contribution in [3.63, 3.8) is 0 Å². The van der Waals surface area contributed by atoms with Crippen molar-refractivity contribution in [1.82, 2.24) is 4.90 Å². The van der Waals surface area contributed by atoms with Crippen molar-refractivity contribution in [3.8, 4) is 5.75 Å². The lowest BCUT2D eigenvalue weighted by atomic mass is 9.72. The Morgan fingerprint density at radius 2 is 1.67 bits per heavy atom. The lowest BCUT2D eigenvalue weighted by molar-refractivity contribution is -0.146. The highest BCUT2D eigenvalue weighted by Gasteiger charge is 2.44. The molecular formula is C36H39F6NO5. The first-order valence-electron chi connectivity index (χ1n) is 15.8. The van der Waals surface area contributed by atoms with E-state index >= 15 is 0 Å². The van der Waals surface area contributed by atoms with Gasteiger partial charge in [0.05, 0.1) is 37.3 Å². The fraction of sp³-hybridized carbons (Fsp3) is 0.500. The van der Waals surface area contributed by atoms with E-state index in [0.717, 1.165) is 34.3 Å². The number of esters is 1. The van der Waals surface area contributed by atoms with Crippen LogP contribution in [0.4, 0.5) is 31.1 Å². The molecule has 5 rings (SSSR count). The van der Waals surface area contributed by atoms with E-state index in [4.69, 9.17) is 14.2 Å². The number of ether oxygens (including phenoxy) is 3. The standard InChI is InChI=1S/C36H39F6NO5/c1-20-31(24-14-26(35(37,38)39)17-27(15-24)36(40,41)42)48-33(45)43(20)19-25-18-34(2,3)13-12-28(25)29-16-23(10-11-30(29)46-4)21-6-8-22(9-7-21)32(44)47-5/h6,10-11,14-17,20,22,31H,7-9,12-13,18-19H2,1-5H3/t20-,22?,31-/m0/s1. The van der Waals surface area contributed by atoms with Crippen molar-refractivity contribution in [1.29, 1.82) is 0 Å². The van der Waals surface area contributed by atoms with Crippen LogP contribution in [0.3, 0.4) is 0 Å². The first-order valence-corrected chi connectivity index (χ1v) is 15.8. The summed E-state index contributed by atoms with van der Waals surface area (Å²) in [5.41, 5.74) is 1.37. The highest BCUT2D eigenvalue weighted by Crippen LogP contribution is 2.47. The Kier molecular flexibility index (Phi) is 9.69. The molecule has 3 aliphatic rings. The molecule has 0 spiro atoms. The third-order valence-corrected chi connectivity index (χ3v) is 9.70. The van der Waals surface area contributed by atoms with E-state index in [0.29, 0.717) is 50.0 Å². The van der Waals surface area contributed by atoms with Gasteiger partial charge in [-0.1, -0.05) is 26.0 Å². The van der Waals surface area contributed by atoms with E-state index in [2.05, 4.69) is 19.9 Å². The fourth-order valence-corrected chi connectivity index (χ4v) is 7.02. The normalized spacial score (nSPS) is 23.1. The number of cyclic esters (lactones) is 1. The Morgan fingerprint density at radius 3 is 2.23 bits per heavy atom. The van der Waals surface area contributed by atoms with Crippen molar-refractivity contribution >= 4 is 23.2 Å². The molecular weight excluding hydrogens is 640 g/mol. The van der Waals surface area contributed by atoms with Crippen LogP contribution in [0.5, 0.6) is 5.75 Å². The summed E-state index contributed by atoms with van der Waals surface area (Å²) in [4.78, 5) is 26.7. The molecule has 1 aliphatic heterocycles. The second kappa shape index (κ2) is 13.2. The van der Waals surface area contributed by atoms with Gasteiger partial charge in [0.15, 0.2) is 0 Å². The highest BCUT2D eigenvalue weighted by atomic mass is 19.4. The van der Waals surface area contributed by atoms with Crippen molar-refractivity contribution in [2.24, 2.45) is 11.3 Å². The zero-order chi connectivity index (χ0) is 35.2. The Balaban J connectivity index is 1.50. The molecule has 48 heavy (non-hydrogen) atoms. The Morgan fingerprint density at radius 1 is 1.00 bits per heavy atom. The largest absolute Gasteiger partial charge is 0.496 e. The zero-order valence-corrected chi connectivity index (χ0v) is 27.5. The molecule has 6 nitrogen and oxygen atoms in total. The van der Waals surface area contributed by atoms with Gasteiger partial charge in [-0.3, -0.25) is 9.69 Å². The molecule has 0 saturated carbocycles. The molecule has 1 saturated heterocycles. The average molecular weight is 680 g/mol. The van der Waals surface area contributed by atoms with Gasteiger partial charge in [-0.25, -0.2) is 4.79 Å². The number of carbonyl (C=O) groups is 2. The lowest BCUT2D eigenvalue weighted by Gasteiger charge is -2.36. The number of benzene rings is 2. The van der Waals surface area contributed by atoms with Crippen LogP contribution in [0.15, 0.2) is 48.0 Å². The van der Waals surface area contributed by atoms with Crippen LogP contribution in [0.1, 0.15) is 93.2 Å². The van der Waals surface area contributed by atoms with E-state index in [-0.39, 0.29) is 35.5 Å². The van der Waals surface area contributed by atoms with E-state index in [1.807, 2.05) is 18.2 Å². The van der Waals surface area contributed by atoms with Crippen LogP contribution in [0, 0.1) is 11.3 Å². The Labute approximate surface area is 275 Å². The number of allylic oxidation sites excluding steroid dienone is 3. The second-order valence-corrected chi connectivity index (χ2v) is 13.6. The van der Waals surface area contributed by atoms with Gasteiger partial charge in [0.2, 0.25) is 0 Å². The van der Waals surface area contributed by atoms with Crippen LogP contribution in [0.2, 0.25) is 0 Å². The van der Waals surface area contributed by atoms with E-state index in [1.54, 1.807) is 14.0 Å². The predicted molar refractivity (Wildman–Crippen MR) is 167 cm³/mol. The summed E-state index contributed by atoms with van der Waals surface area (Å²) in [6.07, 6.45) is -6.14. The minimum absolute atomic E-state index is 0.0618. The molecule has 260 valence electrons. The molecule has 3 atom stereocenters. The summed E-state index contributed by atoms with van der Waals surface area (Å²) in [5.74, 6) is 0.216. The first-order chi connectivity index (χ1) is 22.4. The molecule has 1 heterocycles. The number of amides is 1. The smallest absolute Gasteiger partial charge is 0.416 e.